The van der Waals surface area contributed by atoms with Crippen LogP contribution in [0, 0.1) is 5.41 Å². The van der Waals surface area contributed by atoms with E-state index < -0.39 is 5.41 Å². The van der Waals surface area contributed by atoms with Crippen LogP contribution in [0.15, 0.2) is 39.5 Å². The molecular weight excluding hydrogens is 390 g/mol. The van der Waals surface area contributed by atoms with Crippen LogP contribution in [0.3, 0.4) is 0 Å². The molecule has 0 saturated carbocycles. The van der Waals surface area contributed by atoms with Gasteiger partial charge in [0.15, 0.2) is 0 Å². The molecule has 1 aromatic carbocycles. The van der Waals surface area contributed by atoms with Crippen LogP contribution in [0.5, 0.6) is 0 Å². The fourth-order valence-electron chi connectivity index (χ4n) is 2.59. The van der Waals surface area contributed by atoms with Gasteiger partial charge >= 0.3 is 11.6 Å². The van der Waals surface area contributed by atoms with Crippen molar-refractivity contribution in [1.29, 1.82) is 0 Å². The molecule has 0 atom stereocenters. The molecule has 6 nitrogen and oxygen atoms in total. The van der Waals surface area contributed by atoms with Crippen molar-refractivity contribution in [2.45, 2.75) is 27.2 Å². The van der Waals surface area contributed by atoms with Crippen molar-refractivity contribution in [3.63, 3.8) is 0 Å². The van der Waals surface area contributed by atoms with Gasteiger partial charge in [0.2, 0.25) is 0 Å². The monoisotopic (exact) mass is 421 g/mol. The number of fused-ring (bicyclic) bond motifs is 1. The lowest BCUT2D eigenvalue weighted by atomic mass is 9.91. The van der Waals surface area contributed by atoms with Gasteiger partial charge in [0.25, 0.3) is 0 Å². The van der Waals surface area contributed by atoms with E-state index in [1.165, 1.54) is 6.07 Å². The number of para-hydroxylation sites is 1. The molecule has 0 N–H and O–H groups in total. The number of carbonyl (C=O) groups excluding carboxylic acids is 1. The molecule has 0 spiro atoms. The van der Waals surface area contributed by atoms with Crippen LogP contribution in [0.4, 0.5) is 5.69 Å². The van der Waals surface area contributed by atoms with Gasteiger partial charge in [0.05, 0.1) is 24.3 Å². The van der Waals surface area contributed by atoms with Crippen LogP contribution in [0.25, 0.3) is 11.0 Å². The molecule has 7 heteroatoms. The molecule has 0 radical (unpaired) electrons. The number of anilines is 1. The third-order valence-corrected chi connectivity index (χ3v) is 5.79. The van der Waals surface area contributed by atoms with Crippen LogP contribution in [-0.2, 0) is 14.3 Å². The summed E-state index contributed by atoms with van der Waals surface area (Å²) in [5.74, 6) is 1.47. The van der Waals surface area contributed by atoms with Crippen molar-refractivity contribution in [3.05, 3.63) is 40.8 Å². The SMILES string of the molecule is CCC(C)(C)C(=O)OCCSCCOCCN(C)c1cc(=O)oc2ccccc12. The molecular formula is C22H31NO5S. The van der Waals surface area contributed by atoms with Gasteiger partial charge in [0, 0.05) is 36.6 Å². The number of carbonyl (C=O) groups is 1. The fraction of sp³-hybridized carbons (Fsp3) is 0.545. The quantitative estimate of drug-likeness (QED) is 0.292. The zero-order chi connectivity index (χ0) is 21.3. The van der Waals surface area contributed by atoms with Crippen LogP contribution in [0.1, 0.15) is 27.2 Å². The van der Waals surface area contributed by atoms with Crippen LogP contribution < -0.4 is 10.5 Å². The van der Waals surface area contributed by atoms with Gasteiger partial charge in [-0.1, -0.05) is 19.1 Å². The summed E-state index contributed by atoms with van der Waals surface area (Å²) < 4.78 is 16.2. The average molecular weight is 422 g/mol. The van der Waals surface area contributed by atoms with Crippen LogP contribution in [0.2, 0.25) is 0 Å². The Morgan fingerprint density at radius 2 is 1.90 bits per heavy atom. The zero-order valence-electron chi connectivity index (χ0n) is 17.7. The number of ether oxygens (including phenoxy) is 2. The Balaban J connectivity index is 1.63. The second-order valence-corrected chi connectivity index (χ2v) is 8.69. The van der Waals surface area contributed by atoms with E-state index in [0.717, 1.165) is 29.0 Å². The Morgan fingerprint density at radius 3 is 2.66 bits per heavy atom. The first-order valence-electron chi connectivity index (χ1n) is 9.92. The van der Waals surface area contributed by atoms with Crippen LogP contribution >= 0.6 is 11.8 Å². The molecule has 0 aliphatic heterocycles. The summed E-state index contributed by atoms with van der Waals surface area (Å²) in [4.78, 5) is 25.6. The minimum Gasteiger partial charge on any atom is -0.464 e. The van der Waals surface area contributed by atoms with E-state index in [4.69, 9.17) is 13.9 Å². The molecule has 0 amide bonds. The van der Waals surface area contributed by atoms with Gasteiger partial charge in [-0.05, 0) is 32.4 Å². The van der Waals surface area contributed by atoms with E-state index in [-0.39, 0.29) is 11.6 Å². The van der Waals surface area contributed by atoms with Crippen molar-refractivity contribution in [2.24, 2.45) is 5.41 Å². The predicted molar refractivity (Wildman–Crippen MR) is 119 cm³/mol. The fourth-order valence-corrected chi connectivity index (χ4v) is 3.23. The first-order chi connectivity index (χ1) is 13.8. The highest BCUT2D eigenvalue weighted by Gasteiger charge is 2.26. The molecule has 0 aliphatic carbocycles. The second-order valence-electron chi connectivity index (χ2n) is 7.47. The van der Waals surface area contributed by atoms with E-state index >= 15 is 0 Å². The van der Waals surface area contributed by atoms with Gasteiger partial charge in [-0.2, -0.15) is 11.8 Å². The number of esters is 1. The molecule has 0 saturated heterocycles. The number of hydrogen-bond acceptors (Lipinski definition) is 7. The smallest absolute Gasteiger partial charge is 0.338 e. The van der Waals surface area contributed by atoms with Crippen molar-refractivity contribution >= 4 is 34.4 Å². The third-order valence-electron chi connectivity index (χ3n) is 4.88. The highest BCUT2D eigenvalue weighted by molar-refractivity contribution is 7.99. The van der Waals surface area contributed by atoms with Gasteiger partial charge in [-0.15, -0.1) is 0 Å². The molecule has 1 heterocycles. The molecule has 0 unspecified atom stereocenters. The van der Waals surface area contributed by atoms with Crippen molar-refractivity contribution in [1.82, 2.24) is 0 Å². The topological polar surface area (TPSA) is 69.0 Å². The van der Waals surface area contributed by atoms with Crippen molar-refractivity contribution < 1.29 is 18.7 Å². The number of likely N-dealkylation sites (N-methyl/N-ethyl adjacent to an activating group) is 1. The maximum Gasteiger partial charge on any atom is 0.338 e. The number of nitrogens with zero attached hydrogens (tertiary/aromatic N) is 1. The van der Waals surface area contributed by atoms with E-state index in [1.54, 1.807) is 17.8 Å². The minimum absolute atomic E-state index is 0.137. The van der Waals surface area contributed by atoms with E-state index in [9.17, 15) is 9.59 Å². The Kier molecular flexibility index (Phi) is 9.04. The first-order valence-corrected chi connectivity index (χ1v) is 11.1. The Morgan fingerprint density at radius 1 is 1.17 bits per heavy atom. The standard InChI is InChI=1S/C22H31NO5S/c1-5-22(2,3)21(25)27-13-15-29-14-12-26-11-10-23(4)18-16-20(24)28-19-9-7-6-8-17(18)19/h6-9,16H,5,10-15H2,1-4H3. The lowest BCUT2D eigenvalue weighted by Gasteiger charge is -2.20. The van der Waals surface area contributed by atoms with Gasteiger partial charge in [-0.3, -0.25) is 4.79 Å². The predicted octanol–water partition coefficient (Wildman–Crippen LogP) is 3.96. The highest BCUT2D eigenvalue weighted by Crippen LogP contribution is 2.24. The molecule has 29 heavy (non-hydrogen) atoms. The number of hydrogen-bond donors (Lipinski definition) is 0. The highest BCUT2D eigenvalue weighted by atomic mass is 32.2. The summed E-state index contributed by atoms with van der Waals surface area (Å²) in [7, 11) is 1.94. The Labute approximate surface area is 176 Å². The summed E-state index contributed by atoms with van der Waals surface area (Å²) >= 11 is 1.70. The summed E-state index contributed by atoms with van der Waals surface area (Å²) in [5, 5.41) is 0.908. The molecule has 2 aromatic rings. The largest absolute Gasteiger partial charge is 0.464 e. The lowest BCUT2D eigenvalue weighted by molar-refractivity contribution is -0.153. The minimum atomic E-state index is -0.412. The summed E-state index contributed by atoms with van der Waals surface area (Å²) in [6.07, 6.45) is 0.769. The molecule has 0 bridgehead atoms. The van der Waals surface area contributed by atoms with E-state index in [1.807, 2.05) is 50.9 Å². The van der Waals surface area contributed by atoms with Crippen molar-refractivity contribution in [2.75, 3.05) is 49.8 Å². The molecule has 0 fully saturated rings. The molecule has 160 valence electrons. The number of benzene rings is 1. The summed E-state index contributed by atoms with van der Waals surface area (Å²) in [6.45, 7) is 8.08. The lowest BCUT2D eigenvalue weighted by Crippen LogP contribution is -2.26. The second kappa shape index (κ2) is 11.3. The molecule has 0 aliphatic rings. The Bertz CT molecular complexity index is 848. The van der Waals surface area contributed by atoms with Gasteiger partial charge in [-0.25, -0.2) is 4.79 Å². The zero-order valence-corrected chi connectivity index (χ0v) is 18.5. The number of thioether (sulfide) groups is 1. The van der Waals surface area contributed by atoms with Crippen molar-refractivity contribution in [3.8, 4) is 0 Å². The maximum absolute atomic E-state index is 11.9. The van der Waals surface area contributed by atoms with Crippen LogP contribution in [-0.4, -0.2) is 50.9 Å². The summed E-state index contributed by atoms with van der Waals surface area (Å²) in [5.41, 5.74) is 0.657. The number of rotatable bonds is 12. The van der Waals surface area contributed by atoms with Gasteiger partial charge < -0.3 is 18.8 Å². The third kappa shape index (κ3) is 7.08. The maximum atomic E-state index is 11.9. The summed E-state index contributed by atoms with van der Waals surface area (Å²) in [6, 6.07) is 9.02. The molecule has 2 rings (SSSR count). The van der Waals surface area contributed by atoms with E-state index in [0.29, 0.717) is 31.9 Å². The van der Waals surface area contributed by atoms with Gasteiger partial charge in [0.1, 0.15) is 12.2 Å². The Hall–Kier alpha value is -1.99. The molecule has 1 aromatic heterocycles. The first kappa shape index (κ1) is 23.3. The average Bonchev–Trinajstić information content (AvgIpc) is 2.71. The normalized spacial score (nSPS) is 11.6. The van der Waals surface area contributed by atoms with E-state index in [2.05, 4.69) is 0 Å².